The quantitative estimate of drug-likeness (QED) is 0.386. The molecule has 0 saturated carbocycles. The van der Waals surface area contributed by atoms with Crippen molar-refractivity contribution in [3.05, 3.63) is 57.5 Å². The fraction of sp³-hybridized carbons (Fsp3) is 0.300. The van der Waals surface area contributed by atoms with Gasteiger partial charge in [-0.05, 0) is 67.8 Å². The Morgan fingerprint density at radius 1 is 1.14 bits per heavy atom. The van der Waals surface area contributed by atoms with E-state index in [0.717, 1.165) is 29.8 Å². The van der Waals surface area contributed by atoms with Gasteiger partial charge in [-0.1, -0.05) is 41.4 Å². The van der Waals surface area contributed by atoms with Gasteiger partial charge in [0.05, 0.1) is 16.3 Å². The molecule has 5 nitrogen and oxygen atoms in total. The molecule has 0 aromatic heterocycles. The van der Waals surface area contributed by atoms with Crippen molar-refractivity contribution in [2.75, 3.05) is 36.9 Å². The third-order valence-corrected chi connectivity index (χ3v) is 5.10. The summed E-state index contributed by atoms with van der Waals surface area (Å²) in [7, 11) is 0. The first-order valence-electron chi connectivity index (χ1n) is 8.95. The number of rotatable bonds is 8. The molecular formula is C20H23BrClN3O2S. The van der Waals surface area contributed by atoms with Gasteiger partial charge in [-0.3, -0.25) is 0 Å². The van der Waals surface area contributed by atoms with E-state index in [-0.39, 0.29) is 5.97 Å². The molecule has 2 aromatic carbocycles. The molecule has 8 heteroatoms. The minimum Gasteiger partial charge on any atom is -0.461 e. The van der Waals surface area contributed by atoms with Crippen molar-refractivity contribution in [1.29, 1.82) is 0 Å². The average Bonchev–Trinajstić information content (AvgIpc) is 2.68. The number of thiocarbonyl (C=S) groups is 1. The number of carbonyl (C=O) groups excluding carboxylic acids is 1. The highest BCUT2D eigenvalue weighted by molar-refractivity contribution is 9.10. The molecule has 0 radical (unpaired) electrons. The van der Waals surface area contributed by atoms with Crippen LogP contribution < -0.4 is 10.6 Å². The molecule has 28 heavy (non-hydrogen) atoms. The normalized spacial score (nSPS) is 10.6. The summed E-state index contributed by atoms with van der Waals surface area (Å²) in [6, 6.07) is 12.5. The van der Waals surface area contributed by atoms with Crippen molar-refractivity contribution in [3.8, 4) is 0 Å². The Hall–Kier alpha value is -1.67. The highest BCUT2D eigenvalue weighted by atomic mass is 79.9. The summed E-state index contributed by atoms with van der Waals surface area (Å²) in [6.45, 7) is 7.16. The Labute approximate surface area is 184 Å². The molecule has 0 aliphatic carbocycles. The molecule has 0 heterocycles. The lowest BCUT2D eigenvalue weighted by Gasteiger charge is -2.17. The zero-order valence-electron chi connectivity index (χ0n) is 15.8. The van der Waals surface area contributed by atoms with E-state index in [1.165, 1.54) is 0 Å². The molecule has 0 fully saturated rings. The average molecular weight is 485 g/mol. The summed E-state index contributed by atoms with van der Waals surface area (Å²) < 4.78 is 6.22. The highest BCUT2D eigenvalue weighted by Crippen LogP contribution is 2.25. The van der Waals surface area contributed by atoms with Gasteiger partial charge in [-0.15, -0.1) is 0 Å². The highest BCUT2D eigenvalue weighted by Gasteiger charge is 2.09. The minimum atomic E-state index is -0.332. The van der Waals surface area contributed by atoms with E-state index < -0.39 is 0 Å². The maximum atomic E-state index is 12.1. The van der Waals surface area contributed by atoms with E-state index in [1.54, 1.807) is 30.3 Å². The van der Waals surface area contributed by atoms with E-state index in [2.05, 4.69) is 45.3 Å². The summed E-state index contributed by atoms with van der Waals surface area (Å²) in [5, 5.41) is 7.07. The van der Waals surface area contributed by atoms with Gasteiger partial charge < -0.3 is 20.3 Å². The van der Waals surface area contributed by atoms with Gasteiger partial charge in [0.1, 0.15) is 6.61 Å². The third kappa shape index (κ3) is 7.05. The second-order valence-electron chi connectivity index (χ2n) is 5.94. The smallest absolute Gasteiger partial charge is 0.338 e. The molecule has 150 valence electrons. The number of hydrogen-bond acceptors (Lipinski definition) is 4. The Kier molecular flexibility index (Phi) is 9.18. The van der Waals surface area contributed by atoms with Gasteiger partial charge >= 0.3 is 5.97 Å². The van der Waals surface area contributed by atoms with E-state index in [9.17, 15) is 4.79 Å². The van der Waals surface area contributed by atoms with Gasteiger partial charge in [0, 0.05) is 16.7 Å². The van der Waals surface area contributed by atoms with Crippen LogP contribution in [0.4, 0.5) is 11.4 Å². The molecule has 0 spiro atoms. The van der Waals surface area contributed by atoms with Crippen LogP contribution in [0, 0.1) is 0 Å². The van der Waals surface area contributed by atoms with Crippen LogP contribution in [-0.4, -0.2) is 42.2 Å². The van der Waals surface area contributed by atoms with Crippen molar-refractivity contribution in [3.63, 3.8) is 0 Å². The van der Waals surface area contributed by atoms with Crippen molar-refractivity contribution in [2.45, 2.75) is 13.8 Å². The fourth-order valence-electron chi connectivity index (χ4n) is 2.46. The standard InChI is InChI=1S/C20H23BrClN3O2S/c1-3-25(4-2)11-12-27-19(26)14-5-8-16(9-6-14)23-20(28)24-18-10-7-15(21)13-17(18)22/h5-10,13H,3-4,11-12H2,1-2H3,(H2,23,24,28). The number of carbonyl (C=O) groups is 1. The van der Waals surface area contributed by atoms with E-state index >= 15 is 0 Å². The van der Waals surface area contributed by atoms with Gasteiger partial charge in [0.15, 0.2) is 5.11 Å². The topological polar surface area (TPSA) is 53.6 Å². The monoisotopic (exact) mass is 483 g/mol. The molecule has 0 saturated heterocycles. The summed E-state index contributed by atoms with van der Waals surface area (Å²) in [4.78, 5) is 14.3. The Balaban J connectivity index is 1.86. The molecule has 0 aliphatic heterocycles. The lowest BCUT2D eigenvalue weighted by molar-refractivity contribution is 0.0466. The number of nitrogens with one attached hydrogen (secondary N) is 2. The minimum absolute atomic E-state index is 0.332. The van der Waals surface area contributed by atoms with Crippen molar-refractivity contribution in [1.82, 2.24) is 4.90 Å². The molecule has 2 rings (SSSR count). The maximum Gasteiger partial charge on any atom is 0.338 e. The van der Waals surface area contributed by atoms with Gasteiger partial charge in [-0.2, -0.15) is 0 Å². The van der Waals surface area contributed by atoms with Crippen LogP contribution in [0.5, 0.6) is 0 Å². The van der Waals surface area contributed by atoms with Crippen molar-refractivity contribution in [2.24, 2.45) is 0 Å². The Morgan fingerprint density at radius 2 is 1.82 bits per heavy atom. The molecular weight excluding hydrogens is 462 g/mol. The number of nitrogens with zero attached hydrogens (tertiary/aromatic N) is 1. The Morgan fingerprint density at radius 3 is 2.43 bits per heavy atom. The number of hydrogen-bond donors (Lipinski definition) is 2. The van der Waals surface area contributed by atoms with Crippen LogP contribution in [0.1, 0.15) is 24.2 Å². The number of anilines is 2. The molecule has 0 unspecified atom stereocenters. The number of esters is 1. The van der Waals surface area contributed by atoms with Crippen LogP contribution in [-0.2, 0) is 4.74 Å². The van der Waals surface area contributed by atoms with Gasteiger partial charge in [-0.25, -0.2) is 4.79 Å². The summed E-state index contributed by atoms with van der Waals surface area (Å²) in [5.74, 6) is -0.332. The lowest BCUT2D eigenvalue weighted by atomic mass is 10.2. The van der Waals surface area contributed by atoms with E-state index in [0.29, 0.717) is 28.0 Å². The fourth-order valence-corrected chi connectivity index (χ4v) is 3.40. The summed E-state index contributed by atoms with van der Waals surface area (Å²) in [5.41, 5.74) is 1.96. The first kappa shape index (κ1) is 22.6. The molecule has 0 aliphatic rings. The predicted molar refractivity (Wildman–Crippen MR) is 124 cm³/mol. The largest absolute Gasteiger partial charge is 0.461 e. The Bertz CT molecular complexity index is 814. The van der Waals surface area contributed by atoms with Crippen LogP contribution in [0.2, 0.25) is 5.02 Å². The van der Waals surface area contributed by atoms with Gasteiger partial charge in [0.2, 0.25) is 0 Å². The van der Waals surface area contributed by atoms with Crippen LogP contribution in [0.15, 0.2) is 46.9 Å². The molecule has 2 aromatic rings. The van der Waals surface area contributed by atoms with Crippen molar-refractivity contribution < 1.29 is 9.53 Å². The first-order valence-corrected chi connectivity index (χ1v) is 10.5. The zero-order valence-corrected chi connectivity index (χ0v) is 19.0. The molecule has 0 bridgehead atoms. The number of likely N-dealkylation sites (N-methyl/N-ethyl adjacent to an activating group) is 1. The van der Waals surface area contributed by atoms with E-state index in [4.69, 9.17) is 28.6 Å². The third-order valence-electron chi connectivity index (χ3n) is 4.09. The van der Waals surface area contributed by atoms with Crippen LogP contribution in [0.3, 0.4) is 0 Å². The predicted octanol–water partition coefficient (Wildman–Crippen LogP) is 5.41. The second kappa shape index (κ2) is 11.4. The summed E-state index contributed by atoms with van der Waals surface area (Å²) in [6.07, 6.45) is 0. The van der Waals surface area contributed by atoms with Crippen LogP contribution >= 0.6 is 39.7 Å². The van der Waals surface area contributed by atoms with E-state index in [1.807, 2.05) is 12.1 Å². The number of benzene rings is 2. The maximum absolute atomic E-state index is 12.1. The molecule has 2 N–H and O–H groups in total. The lowest BCUT2D eigenvalue weighted by Crippen LogP contribution is -2.27. The molecule has 0 atom stereocenters. The number of halogens is 2. The molecule has 0 amide bonds. The van der Waals surface area contributed by atoms with Crippen molar-refractivity contribution >= 4 is 62.2 Å². The SMILES string of the molecule is CCN(CC)CCOC(=O)c1ccc(NC(=S)Nc2ccc(Br)cc2Cl)cc1. The zero-order chi connectivity index (χ0) is 20.5. The summed E-state index contributed by atoms with van der Waals surface area (Å²) >= 11 is 14.9. The first-order chi connectivity index (χ1) is 13.4. The number of ether oxygens (including phenoxy) is 1. The second-order valence-corrected chi connectivity index (χ2v) is 7.67. The van der Waals surface area contributed by atoms with Crippen LogP contribution in [0.25, 0.3) is 0 Å². The van der Waals surface area contributed by atoms with Gasteiger partial charge in [0.25, 0.3) is 0 Å².